The fourth-order valence-electron chi connectivity index (χ4n) is 1.96. The summed E-state index contributed by atoms with van der Waals surface area (Å²) in [5.74, 6) is -1.91. The Morgan fingerprint density at radius 1 is 1.00 bits per heavy atom. The second kappa shape index (κ2) is 5.39. The molecule has 19 heavy (non-hydrogen) atoms. The summed E-state index contributed by atoms with van der Waals surface area (Å²) in [5, 5.41) is 10.3. The zero-order valence-corrected chi connectivity index (χ0v) is 12.1. The third-order valence-electron chi connectivity index (χ3n) is 3.20. The standard InChI is InChI=1S/C15H13BrF2O/c1-8-6-7-11(14(18)13(8)17)15(19)10-4-3-5-12(16)9(10)2/h3-7,15,19H,1-2H3. The van der Waals surface area contributed by atoms with Crippen molar-refractivity contribution >= 4 is 15.9 Å². The van der Waals surface area contributed by atoms with E-state index in [1.54, 1.807) is 12.1 Å². The van der Waals surface area contributed by atoms with Crippen molar-refractivity contribution in [1.82, 2.24) is 0 Å². The lowest BCUT2D eigenvalue weighted by Crippen LogP contribution is -2.07. The number of hydrogen-bond acceptors (Lipinski definition) is 1. The van der Waals surface area contributed by atoms with Crippen LogP contribution in [0.4, 0.5) is 8.78 Å². The van der Waals surface area contributed by atoms with E-state index >= 15 is 0 Å². The average Bonchev–Trinajstić information content (AvgIpc) is 2.39. The van der Waals surface area contributed by atoms with Crippen LogP contribution in [-0.4, -0.2) is 5.11 Å². The van der Waals surface area contributed by atoms with Crippen molar-refractivity contribution in [3.05, 3.63) is 68.7 Å². The summed E-state index contributed by atoms with van der Waals surface area (Å²) in [6.45, 7) is 3.30. The summed E-state index contributed by atoms with van der Waals surface area (Å²) < 4.78 is 28.3. The van der Waals surface area contributed by atoms with Gasteiger partial charge in [-0.25, -0.2) is 8.78 Å². The van der Waals surface area contributed by atoms with Crippen molar-refractivity contribution in [3.63, 3.8) is 0 Å². The first-order valence-electron chi connectivity index (χ1n) is 5.81. The maximum Gasteiger partial charge on any atom is 0.165 e. The zero-order valence-electron chi connectivity index (χ0n) is 10.5. The molecule has 0 saturated carbocycles. The Bertz CT molecular complexity index is 626. The van der Waals surface area contributed by atoms with Gasteiger partial charge >= 0.3 is 0 Å². The lowest BCUT2D eigenvalue weighted by Gasteiger charge is -2.16. The van der Waals surface area contributed by atoms with Gasteiger partial charge in [0, 0.05) is 10.0 Å². The van der Waals surface area contributed by atoms with Crippen LogP contribution in [0.3, 0.4) is 0 Å². The molecule has 1 unspecified atom stereocenters. The summed E-state index contributed by atoms with van der Waals surface area (Å²) in [4.78, 5) is 0. The molecule has 1 atom stereocenters. The van der Waals surface area contributed by atoms with Crippen molar-refractivity contribution in [2.45, 2.75) is 20.0 Å². The van der Waals surface area contributed by atoms with Gasteiger partial charge < -0.3 is 5.11 Å². The zero-order chi connectivity index (χ0) is 14.2. The summed E-state index contributed by atoms with van der Waals surface area (Å²) in [5.41, 5.74) is 1.52. The molecule has 2 aromatic carbocycles. The Balaban J connectivity index is 2.53. The van der Waals surface area contributed by atoms with Gasteiger partial charge in [-0.15, -0.1) is 0 Å². The van der Waals surface area contributed by atoms with Gasteiger partial charge in [-0.1, -0.05) is 40.2 Å². The molecule has 2 aromatic rings. The summed E-state index contributed by atoms with van der Waals surface area (Å²) in [7, 11) is 0. The Labute approximate surface area is 119 Å². The third kappa shape index (κ3) is 2.55. The number of aliphatic hydroxyl groups excluding tert-OH is 1. The van der Waals surface area contributed by atoms with Gasteiger partial charge in [-0.3, -0.25) is 0 Å². The number of rotatable bonds is 2. The van der Waals surface area contributed by atoms with Crippen LogP contribution < -0.4 is 0 Å². The summed E-state index contributed by atoms with van der Waals surface area (Å²) >= 11 is 3.35. The molecular weight excluding hydrogens is 314 g/mol. The molecule has 0 aliphatic rings. The van der Waals surface area contributed by atoms with Gasteiger partial charge in [0.2, 0.25) is 0 Å². The van der Waals surface area contributed by atoms with E-state index in [1.807, 2.05) is 13.0 Å². The maximum atomic E-state index is 13.9. The van der Waals surface area contributed by atoms with Crippen molar-refractivity contribution < 1.29 is 13.9 Å². The average molecular weight is 327 g/mol. The highest BCUT2D eigenvalue weighted by Crippen LogP contribution is 2.31. The highest BCUT2D eigenvalue weighted by molar-refractivity contribution is 9.10. The third-order valence-corrected chi connectivity index (χ3v) is 4.06. The molecule has 0 aliphatic heterocycles. The minimum atomic E-state index is -1.19. The summed E-state index contributed by atoms with van der Waals surface area (Å²) in [6.07, 6.45) is -1.19. The van der Waals surface area contributed by atoms with Gasteiger partial charge in [0.05, 0.1) is 0 Å². The highest BCUT2D eigenvalue weighted by atomic mass is 79.9. The molecule has 0 aliphatic carbocycles. The van der Waals surface area contributed by atoms with Crippen LogP contribution in [0.5, 0.6) is 0 Å². The number of aliphatic hydroxyl groups is 1. The van der Waals surface area contributed by atoms with Crippen LogP contribution in [0.15, 0.2) is 34.8 Å². The molecule has 0 fully saturated rings. The molecule has 0 bridgehead atoms. The van der Waals surface area contributed by atoms with E-state index in [0.717, 1.165) is 10.0 Å². The van der Waals surface area contributed by atoms with E-state index in [1.165, 1.54) is 19.1 Å². The first kappa shape index (κ1) is 14.2. The molecular formula is C15H13BrF2O. The Hall–Kier alpha value is -1.26. The van der Waals surface area contributed by atoms with Crippen LogP contribution in [0, 0.1) is 25.5 Å². The van der Waals surface area contributed by atoms with E-state index in [4.69, 9.17) is 0 Å². The molecule has 0 saturated heterocycles. The molecule has 0 spiro atoms. The molecule has 0 amide bonds. The summed E-state index contributed by atoms with van der Waals surface area (Å²) in [6, 6.07) is 8.15. The molecule has 1 N–H and O–H groups in total. The van der Waals surface area contributed by atoms with E-state index in [2.05, 4.69) is 15.9 Å². The van der Waals surface area contributed by atoms with E-state index in [0.29, 0.717) is 5.56 Å². The second-order valence-corrected chi connectivity index (χ2v) is 5.31. The molecule has 0 heterocycles. The lowest BCUT2D eigenvalue weighted by atomic mass is 9.96. The molecule has 100 valence electrons. The SMILES string of the molecule is Cc1ccc(C(O)c2cccc(Br)c2C)c(F)c1F. The van der Waals surface area contributed by atoms with Crippen LogP contribution in [0.2, 0.25) is 0 Å². The minimum Gasteiger partial charge on any atom is -0.384 e. The first-order valence-corrected chi connectivity index (χ1v) is 6.60. The predicted molar refractivity (Wildman–Crippen MR) is 74.0 cm³/mol. The smallest absolute Gasteiger partial charge is 0.165 e. The van der Waals surface area contributed by atoms with E-state index < -0.39 is 17.7 Å². The van der Waals surface area contributed by atoms with Crippen molar-refractivity contribution in [2.75, 3.05) is 0 Å². The van der Waals surface area contributed by atoms with E-state index in [9.17, 15) is 13.9 Å². The van der Waals surface area contributed by atoms with Crippen LogP contribution in [0.25, 0.3) is 0 Å². The monoisotopic (exact) mass is 326 g/mol. The van der Waals surface area contributed by atoms with Crippen molar-refractivity contribution in [3.8, 4) is 0 Å². The maximum absolute atomic E-state index is 13.9. The molecule has 2 rings (SSSR count). The topological polar surface area (TPSA) is 20.2 Å². The molecule has 0 aromatic heterocycles. The minimum absolute atomic E-state index is 0.0516. The van der Waals surface area contributed by atoms with Gasteiger partial charge in [0.15, 0.2) is 11.6 Å². The van der Waals surface area contributed by atoms with Crippen LogP contribution in [-0.2, 0) is 0 Å². The number of hydrogen-bond donors (Lipinski definition) is 1. The Morgan fingerprint density at radius 3 is 2.37 bits per heavy atom. The number of benzene rings is 2. The largest absolute Gasteiger partial charge is 0.384 e. The lowest BCUT2D eigenvalue weighted by molar-refractivity contribution is 0.212. The Kier molecular flexibility index (Phi) is 4.02. The van der Waals surface area contributed by atoms with Crippen molar-refractivity contribution in [2.24, 2.45) is 0 Å². The second-order valence-electron chi connectivity index (χ2n) is 4.46. The van der Waals surface area contributed by atoms with Crippen LogP contribution in [0.1, 0.15) is 28.4 Å². The highest BCUT2D eigenvalue weighted by Gasteiger charge is 2.20. The Morgan fingerprint density at radius 2 is 1.68 bits per heavy atom. The first-order chi connectivity index (χ1) is 8.93. The van der Waals surface area contributed by atoms with Gasteiger partial charge in [-0.2, -0.15) is 0 Å². The predicted octanol–water partition coefficient (Wildman–Crippen LogP) is 4.43. The van der Waals surface area contributed by atoms with Gasteiger partial charge in [0.1, 0.15) is 6.10 Å². The van der Waals surface area contributed by atoms with E-state index in [-0.39, 0.29) is 11.1 Å². The fraction of sp³-hybridized carbons (Fsp3) is 0.200. The number of aryl methyl sites for hydroxylation is 1. The quantitative estimate of drug-likeness (QED) is 0.865. The molecule has 1 nitrogen and oxygen atoms in total. The fourth-order valence-corrected chi connectivity index (χ4v) is 2.34. The van der Waals surface area contributed by atoms with Crippen LogP contribution >= 0.6 is 15.9 Å². The normalized spacial score (nSPS) is 12.5. The van der Waals surface area contributed by atoms with Gasteiger partial charge in [0.25, 0.3) is 0 Å². The van der Waals surface area contributed by atoms with Crippen molar-refractivity contribution in [1.29, 1.82) is 0 Å². The molecule has 4 heteroatoms. The van der Waals surface area contributed by atoms with Gasteiger partial charge in [-0.05, 0) is 36.6 Å². The molecule has 0 radical (unpaired) electrons. The number of halogens is 3.